The first-order valence-electron chi connectivity index (χ1n) is 10.4. The lowest BCUT2D eigenvalue weighted by Gasteiger charge is -2.34. The van der Waals surface area contributed by atoms with Crippen LogP contribution in [0.1, 0.15) is 87.3 Å². The lowest BCUT2D eigenvalue weighted by atomic mass is 9.79. The van der Waals surface area contributed by atoms with Crippen molar-refractivity contribution < 1.29 is 14.4 Å². The van der Waals surface area contributed by atoms with Crippen molar-refractivity contribution >= 4 is 30.7 Å². The second-order valence-corrected chi connectivity index (χ2v) is 11.4. The average molecular weight is 431 g/mol. The summed E-state index contributed by atoms with van der Waals surface area (Å²) < 4.78 is 12.0. The van der Waals surface area contributed by atoms with Crippen LogP contribution in [0.5, 0.6) is 0 Å². The van der Waals surface area contributed by atoms with Gasteiger partial charge in [0, 0.05) is 10.3 Å². The number of thiophene rings is 1. The van der Waals surface area contributed by atoms with Crippen molar-refractivity contribution in [3.05, 3.63) is 33.4 Å². The number of hydrogen-bond donors (Lipinski definition) is 2. The van der Waals surface area contributed by atoms with E-state index >= 15 is 0 Å². The largest absolute Gasteiger partial charge is 0.326 e. The molecule has 1 aromatic rings. The normalized spacial score (nSPS) is 22.6. The van der Waals surface area contributed by atoms with E-state index in [1.165, 1.54) is 49.0 Å². The van der Waals surface area contributed by atoms with Gasteiger partial charge in [0.1, 0.15) is 0 Å². The van der Waals surface area contributed by atoms with Gasteiger partial charge in [0.15, 0.2) is 0 Å². The average Bonchev–Trinajstić information content (AvgIpc) is 3.21. The van der Waals surface area contributed by atoms with Gasteiger partial charge in [-0.15, -0.1) is 23.1 Å². The molecule has 1 aliphatic rings. The van der Waals surface area contributed by atoms with Crippen LogP contribution in [0.15, 0.2) is 22.9 Å². The topological polar surface area (TPSA) is 57.5 Å². The van der Waals surface area contributed by atoms with Gasteiger partial charge in [-0.2, -0.15) is 0 Å². The number of thioether (sulfide) groups is 1. The molecular formula is C21H35O3PS2. The van der Waals surface area contributed by atoms with Crippen LogP contribution in [-0.4, -0.2) is 15.9 Å². The van der Waals surface area contributed by atoms with Crippen LogP contribution in [0.2, 0.25) is 0 Å². The van der Waals surface area contributed by atoms with Gasteiger partial charge in [0.25, 0.3) is 0 Å². The van der Waals surface area contributed by atoms with Crippen molar-refractivity contribution in [2.24, 2.45) is 5.41 Å². The van der Waals surface area contributed by atoms with E-state index in [0.29, 0.717) is 0 Å². The maximum absolute atomic E-state index is 12.0. The van der Waals surface area contributed by atoms with E-state index < -0.39 is 13.0 Å². The summed E-state index contributed by atoms with van der Waals surface area (Å²) in [6.45, 7) is 4.42. The molecule has 3 nitrogen and oxygen atoms in total. The molecular weight excluding hydrogens is 395 g/mol. The molecule has 0 spiro atoms. The molecule has 0 radical (unpaired) electrons. The summed E-state index contributed by atoms with van der Waals surface area (Å²) >= 11 is 3.52. The lowest BCUT2D eigenvalue weighted by Crippen LogP contribution is -2.27. The highest BCUT2D eigenvalue weighted by Gasteiger charge is 2.45. The third-order valence-corrected chi connectivity index (χ3v) is 8.90. The second-order valence-electron chi connectivity index (χ2n) is 7.81. The SMILES string of the molecule is CCCCCCc1ccsc1C1SC=CC1(CCCCCC)CP(=O)(O)O. The van der Waals surface area contributed by atoms with Crippen molar-refractivity contribution in [1.82, 2.24) is 0 Å². The number of allylic oxidation sites excluding steroid dienone is 1. The number of rotatable bonds is 13. The van der Waals surface area contributed by atoms with Gasteiger partial charge in [-0.3, -0.25) is 4.57 Å². The maximum Gasteiger partial charge on any atom is 0.326 e. The van der Waals surface area contributed by atoms with Gasteiger partial charge in [-0.1, -0.05) is 64.9 Å². The van der Waals surface area contributed by atoms with Crippen molar-refractivity contribution in [2.75, 3.05) is 6.16 Å². The van der Waals surface area contributed by atoms with Gasteiger partial charge >= 0.3 is 7.60 Å². The van der Waals surface area contributed by atoms with Crippen LogP contribution in [0, 0.1) is 5.41 Å². The molecule has 0 aliphatic carbocycles. The summed E-state index contributed by atoms with van der Waals surface area (Å²) in [5.41, 5.74) is 0.974. The van der Waals surface area contributed by atoms with Crippen molar-refractivity contribution in [2.45, 2.75) is 83.3 Å². The van der Waals surface area contributed by atoms with Crippen molar-refractivity contribution in [3.8, 4) is 0 Å². The summed E-state index contributed by atoms with van der Waals surface area (Å²) in [5.74, 6) is 0. The minimum absolute atomic E-state index is 0.0343. The fourth-order valence-electron chi connectivity index (χ4n) is 4.02. The number of unbranched alkanes of at least 4 members (excludes halogenated alkanes) is 6. The van der Waals surface area contributed by atoms with Gasteiger partial charge in [-0.05, 0) is 41.7 Å². The molecule has 2 rings (SSSR count). The van der Waals surface area contributed by atoms with Gasteiger partial charge < -0.3 is 9.79 Å². The Balaban J connectivity index is 2.17. The molecule has 0 fully saturated rings. The molecule has 154 valence electrons. The quantitative estimate of drug-likeness (QED) is 0.254. The van der Waals surface area contributed by atoms with E-state index in [1.54, 1.807) is 23.1 Å². The summed E-state index contributed by atoms with van der Waals surface area (Å²) in [5, 5.41) is 4.39. The molecule has 0 saturated heterocycles. The van der Waals surface area contributed by atoms with Crippen LogP contribution in [0.4, 0.5) is 0 Å². The zero-order chi connectivity index (χ0) is 19.8. The summed E-state index contributed by atoms with van der Waals surface area (Å²) in [7, 11) is -4.08. The van der Waals surface area contributed by atoms with Gasteiger partial charge in [0.2, 0.25) is 0 Å². The number of aryl methyl sites for hydroxylation is 1. The minimum atomic E-state index is -4.08. The summed E-state index contributed by atoms with van der Waals surface area (Å²) in [6, 6.07) is 2.23. The predicted octanol–water partition coefficient (Wildman–Crippen LogP) is 7.31. The van der Waals surface area contributed by atoms with E-state index in [1.807, 2.05) is 0 Å². The Hall–Kier alpha value is -0.0600. The molecule has 0 bridgehead atoms. The van der Waals surface area contributed by atoms with Gasteiger partial charge in [0.05, 0.1) is 11.4 Å². The Morgan fingerprint density at radius 2 is 1.78 bits per heavy atom. The molecule has 6 heteroatoms. The first kappa shape index (κ1) is 23.2. The number of hydrogen-bond acceptors (Lipinski definition) is 3. The highest BCUT2D eigenvalue weighted by molar-refractivity contribution is 8.02. The van der Waals surface area contributed by atoms with Crippen LogP contribution in [-0.2, 0) is 11.0 Å². The van der Waals surface area contributed by atoms with E-state index in [-0.39, 0.29) is 11.4 Å². The van der Waals surface area contributed by atoms with Crippen LogP contribution in [0.3, 0.4) is 0 Å². The lowest BCUT2D eigenvalue weighted by molar-refractivity contribution is 0.316. The molecule has 0 amide bonds. The molecule has 2 unspecified atom stereocenters. The van der Waals surface area contributed by atoms with Crippen molar-refractivity contribution in [3.63, 3.8) is 0 Å². The molecule has 2 atom stereocenters. The Morgan fingerprint density at radius 1 is 1.07 bits per heavy atom. The molecule has 27 heavy (non-hydrogen) atoms. The minimum Gasteiger partial charge on any atom is -0.324 e. The van der Waals surface area contributed by atoms with Crippen molar-refractivity contribution in [1.29, 1.82) is 0 Å². The molecule has 2 N–H and O–H groups in total. The Labute approximate surface area is 173 Å². The first-order valence-corrected chi connectivity index (χ1v) is 14.0. The summed E-state index contributed by atoms with van der Waals surface area (Å²) in [6.07, 6.45) is 13.5. The molecule has 0 aromatic carbocycles. The fraction of sp³-hybridized carbons (Fsp3) is 0.714. The zero-order valence-electron chi connectivity index (χ0n) is 16.7. The second kappa shape index (κ2) is 11.2. The van der Waals surface area contributed by atoms with Crippen LogP contribution >= 0.6 is 30.7 Å². The Kier molecular flexibility index (Phi) is 9.64. The highest BCUT2D eigenvalue weighted by Crippen LogP contribution is 2.60. The van der Waals surface area contributed by atoms with Gasteiger partial charge in [-0.25, -0.2) is 0 Å². The third-order valence-electron chi connectivity index (χ3n) is 5.45. The van der Waals surface area contributed by atoms with Crippen LogP contribution in [0.25, 0.3) is 0 Å². The molecule has 0 saturated carbocycles. The zero-order valence-corrected chi connectivity index (χ0v) is 19.3. The summed E-state index contributed by atoms with van der Waals surface area (Å²) in [4.78, 5) is 20.9. The van der Waals surface area contributed by atoms with E-state index in [9.17, 15) is 14.4 Å². The van der Waals surface area contributed by atoms with Crippen LogP contribution < -0.4 is 0 Å². The molecule has 1 aliphatic heterocycles. The monoisotopic (exact) mass is 430 g/mol. The highest BCUT2D eigenvalue weighted by atomic mass is 32.2. The predicted molar refractivity (Wildman–Crippen MR) is 120 cm³/mol. The standard InChI is InChI=1S/C21H35O3PS2/c1-3-5-7-9-11-18-12-15-26-19(18)20-21(14-16-27-20,17-25(22,23)24)13-10-8-6-4-2/h12,14-16,20H,3-11,13,17H2,1-2H3,(H2,22,23,24). The smallest absolute Gasteiger partial charge is 0.324 e. The fourth-order valence-corrected chi connectivity index (χ4v) is 8.08. The van der Waals surface area contributed by atoms with E-state index in [2.05, 4.69) is 36.8 Å². The molecule has 1 aromatic heterocycles. The maximum atomic E-state index is 12.0. The Morgan fingerprint density at radius 3 is 2.44 bits per heavy atom. The molecule has 2 heterocycles. The first-order chi connectivity index (χ1) is 12.9. The van der Waals surface area contributed by atoms with E-state index in [4.69, 9.17) is 0 Å². The Bertz CT molecular complexity index is 637. The third kappa shape index (κ3) is 7.04. The van der Waals surface area contributed by atoms with E-state index in [0.717, 1.165) is 25.7 Å².